The van der Waals surface area contributed by atoms with Crippen LogP contribution in [0.4, 0.5) is 0 Å². The molecule has 0 bridgehead atoms. The van der Waals surface area contributed by atoms with E-state index in [-0.39, 0.29) is 18.4 Å². The third-order valence-corrected chi connectivity index (χ3v) is 4.32. The highest BCUT2D eigenvalue weighted by Crippen LogP contribution is 2.26. The van der Waals surface area contributed by atoms with Crippen LogP contribution in [0, 0.1) is 0 Å². The maximum absolute atomic E-state index is 12.2. The van der Waals surface area contributed by atoms with Gasteiger partial charge in [-0.2, -0.15) is 0 Å². The number of quaternary nitrogens is 1. The summed E-state index contributed by atoms with van der Waals surface area (Å²) in [4.78, 5) is 14.4. The molecule has 2 rings (SSSR count). The highest BCUT2D eigenvalue weighted by atomic mass is 35.5. The number of esters is 1. The predicted octanol–water partition coefficient (Wildman–Crippen LogP) is -0.716. The van der Waals surface area contributed by atoms with Crippen molar-refractivity contribution in [2.24, 2.45) is 0 Å². The number of benzene rings is 2. The first-order chi connectivity index (χ1) is 10.7. The standard InChI is InChI=1S/C18H21NO2S.ClH/c1-19(2)12-13-21-18(20)16-10-6-7-11-17(16)22-14-15-8-4-3-5-9-15;/h3-11H,12-14H2,1-2H3;1H. The van der Waals surface area contributed by atoms with Crippen molar-refractivity contribution in [2.75, 3.05) is 27.2 Å². The van der Waals surface area contributed by atoms with Gasteiger partial charge in [-0.1, -0.05) is 42.5 Å². The van der Waals surface area contributed by atoms with E-state index in [0.29, 0.717) is 12.2 Å². The minimum atomic E-state index is -0.239. The Balaban J connectivity index is 0.00000264. The number of rotatable bonds is 7. The molecule has 1 N–H and O–H groups in total. The number of ether oxygens (including phenoxy) is 1. The lowest BCUT2D eigenvalue weighted by molar-refractivity contribution is -0.858. The molecule has 0 amide bonds. The fraction of sp³-hybridized carbons (Fsp3) is 0.278. The van der Waals surface area contributed by atoms with E-state index < -0.39 is 0 Å². The molecule has 0 aliphatic rings. The van der Waals surface area contributed by atoms with E-state index in [0.717, 1.165) is 17.2 Å². The van der Waals surface area contributed by atoms with Gasteiger partial charge in [0.05, 0.1) is 19.7 Å². The third kappa shape index (κ3) is 6.65. The first-order valence-corrected chi connectivity index (χ1v) is 8.37. The van der Waals surface area contributed by atoms with Crippen molar-refractivity contribution in [1.29, 1.82) is 0 Å². The van der Waals surface area contributed by atoms with Gasteiger partial charge in [-0.05, 0) is 17.7 Å². The molecule has 0 aliphatic heterocycles. The lowest BCUT2D eigenvalue weighted by Gasteiger charge is -2.10. The van der Waals surface area contributed by atoms with Crippen LogP contribution in [0.5, 0.6) is 0 Å². The quantitative estimate of drug-likeness (QED) is 0.528. The Bertz CT molecular complexity index is 605. The van der Waals surface area contributed by atoms with Crippen molar-refractivity contribution >= 4 is 17.7 Å². The number of halogens is 1. The van der Waals surface area contributed by atoms with E-state index in [1.807, 2.05) is 56.6 Å². The summed E-state index contributed by atoms with van der Waals surface area (Å²) in [6.45, 7) is 1.25. The van der Waals surface area contributed by atoms with E-state index in [1.54, 1.807) is 11.8 Å². The maximum atomic E-state index is 12.2. The third-order valence-electron chi connectivity index (χ3n) is 3.18. The van der Waals surface area contributed by atoms with Crippen molar-refractivity contribution in [2.45, 2.75) is 10.6 Å². The van der Waals surface area contributed by atoms with Gasteiger partial charge in [0.25, 0.3) is 0 Å². The van der Waals surface area contributed by atoms with Gasteiger partial charge in [-0.15, -0.1) is 11.8 Å². The molecule has 3 nitrogen and oxygen atoms in total. The Morgan fingerprint density at radius 3 is 2.39 bits per heavy atom. The number of likely N-dealkylation sites (N-methyl/N-ethyl adjacent to an activating group) is 1. The fourth-order valence-electron chi connectivity index (χ4n) is 1.92. The van der Waals surface area contributed by atoms with Crippen molar-refractivity contribution in [3.05, 3.63) is 65.7 Å². The molecule has 2 aromatic carbocycles. The second kappa shape index (κ2) is 10.3. The van der Waals surface area contributed by atoms with Gasteiger partial charge in [0.1, 0.15) is 13.2 Å². The van der Waals surface area contributed by atoms with E-state index in [1.165, 1.54) is 10.5 Å². The highest BCUT2D eigenvalue weighted by molar-refractivity contribution is 7.98. The van der Waals surface area contributed by atoms with Crippen LogP contribution in [0.25, 0.3) is 0 Å². The summed E-state index contributed by atoms with van der Waals surface area (Å²) in [5.41, 5.74) is 1.89. The number of nitrogens with one attached hydrogen (secondary N) is 1. The van der Waals surface area contributed by atoms with E-state index in [4.69, 9.17) is 4.74 Å². The summed E-state index contributed by atoms with van der Waals surface area (Å²) in [6.07, 6.45) is 0. The van der Waals surface area contributed by atoms with Gasteiger partial charge in [0, 0.05) is 10.6 Å². The molecule has 23 heavy (non-hydrogen) atoms. The van der Waals surface area contributed by atoms with Crippen molar-refractivity contribution in [1.82, 2.24) is 0 Å². The van der Waals surface area contributed by atoms with Crippen LogP contribution in [0.15, 0.2) is 59.5 Å². The summed E-state index contributed by atoms with van der Waals surface area (Å²) in [6, 6.07) is 17.9. The SMILES string of the molecule is C[NH+](C)CCOC(=O)c1ccccc1SCc1ccccc1.[Cl-]. The van der Waals surface area contributed by atoms with Crippen molar-refractivity contribution in [3.63, 3.8) is 0 Å². The normalized spacial score (nSPS) is 10.2. The van der Waals surface area contributed by atoms with Crippen LogP contribution >= 0.6 is 11.8 Å². The van der Waals surface area contributed by atoms with Gasteiger partial charge in [0.2, 0.25) is 0 Å². The minimum Gasteiger partial charge on any atom is -1.00 e. The first kappa shape index (κ1) is 19.6. The Kier molecular flexibility index (Phi) is 8.77. The molecule has 0 radical (unpaired) electrons. The van der Waals surface area contributed by atoms with Crippen molar-refractivity contribution in [3.8, 4) is 0 Å². The lowest BCUT2D eigenvalue weighted by Crippen LogP contribution is -3.06. The maximum Gasteiger partial charge on any atom is 0.339 e. The predicted molar refractivity (Wildman–Crippen MR) is 90.4 cm³/mol. The van der Waals surface area contributed by atoms with Gasteiger partial charge in [-0.25, -0.2) is 4.79 Å². The highest BCUT2D eigenvalue weighted by Gasteiger charge is 2.13. The zero-order valence-corrected chi connectivity index (χ0v) is 15.0. The number of carbonyl (C=O) groups excluding carboxylic acids is 1. The van der Waals surface area contributed by atoms with Crippen LogP contribution in [0.3, 0.4) is 0 Å². The Morgan fingerprint density at radius 2 is 1.70 bits per heavy atom. The first-order valence-electron chi connectivity index (χ1n) is 7.38. The molecule has 2 aromatic rings. The van der Waals surface area contributed by atoms with Crippen molar-refractivity contribution < 1.29 is 26.8 Å². The Morgan fingerprint density at radius 1 is 1.04 bits per heavy atom. The smallest absolute Gasteiger partial charge is 0.339 e. The van der Waals surface area contributed by atoms with Crippen LogP contribution in [-0.4, -0.2) is 33.2 Å². The van der Waals surface area contributed by atoms with Crippen LogP contribution in [0.1, 0.15) is 15.9 Å². The summed E-state index contributed by atoms with van der Waals surface area (Å²) < 4.78 is 5.36. The zero-order chi connectivity index (χ0) is 15.8. The number of thioether (sulfide) groups is 1. The molecule has 0 fully saturated rings. The molecule has 0 unspecified atom stereocenters. The lowest BCUT2D eigenvalue weighted by atomic mass is 10.2. The number of carbonyl (C=O) groups is 1. The monoisotopic (exact) mass is 351 g/mol. The minimum absolute atomic E-state index is 0. The molecule has 5 heteroatoms. The average molecular weight is 352 g/mol. The van der Waals surface area contributed by atoms with E-state index >= 15 is 0 Å². The van der Waals surface area contributed by atoms with Gasteiger partial charge in [-0.3, -0.25) is 0 Å². The van der Waals surface area contributed by atoms with Gasteiger partial charge >= 0.3 is 5.97 Å². The fourth-order valence-corrected chi connectivity index (χ4v) is 2.92. The number of hydrogen-bond donors (Lipinski definition) is 1. The summed E-state index contributed by atoms with van der Waals surface area (Å²) in [7, 11) is 4.08. The topological polar surface area (TPSA) is 30.7 Å². The molecule has 0 aliphatic carbocycles. The molecule has 0 spiro atoms. The molecule has 0 saturated heterocycles. The molecule has 0 aromatic heterocycles. The molecular weight excluding hydrogens is 330 g/mol. The second-order valence-corrected chi connectivity index (χ2v) is 6.38. The Hall–Kier alpha value is -1.49. The number of hydrogen-bond acceptors (Lipinski definition) is 3. The molecule has 0 atom stereocenters. The Labute approximate surface area is 148 Å². The van der Waals surface area contributed by atoms with Gasteiger partial charge in [0.15, 0.2) is 0 Å². The van der Waals surface area contributed by atoms with Crippen LogP contribution in [0.2, 0.25) is 0 Å². The summed E-state index contributed by atoms with van der Waals surface area (Å²) in [5, 5.41) is 0. The largest absolute Gasteiger partial charge is 1.00 e. The molecular formula is C18H22ClNO2S. The van der Waals surface area contributed by atoms with Crippen LogP contribution < -0.4 is 17.3 Å². The average Bonchev–Trinajstić information content (AvgIpc) is 2.54. The molecule has 0 heterocycles. The summed E-state index contributed by atoms with van der Waals surface area (Å²) in [5.74, 6) is 0.602. The molecule has 124 valence electrons. The zero-order valence-electron chi connectivity index (χ0n) is 13.4. The second-order valence-electron chi connectivity index (χ2n) is 5.36. The van der Waals surface area contributed by atoms with Gasteiger partial charge < -0.3 is 22.0 Å². The molecule has 0 saturated carbocycles. The van der Waals surface area contributed by atoms with Crippen LogP contribution in [-0.2, 0) is 10.5 Å². The summed E-state index contributed by atoms with van der Waals surface area (Å²) >= 11 is 1.66. The van der Waals surface area contributed by atoms with E-state index in [2.05, 4.69) is 12.1 Å². The van der Waals surface area contributed by atoms with E-state index in [9.17, 15) is 4.79 Å².